The minimum atomic E-state index is -0.515. The SMILES string of the molecule is CCc1ccccc1O[C@H](C)C(=O)NCCCc1ccccc1OC. The third kappa shape index (κ3) is 5.52. The topological polar surface area (TPSA) is 47.6 Å². The smallest absolute Gasteiger partial charge is 0.260 e. The Balaban J connectivity index is 1.78. The van der Waals surface area contributed by atoms with Gasteiger partial charge in [-0.25, -0.2) is 0 Å². The molecule has 25 heavy (non-hydrogen) atoms. The molecule has 0 aromatic heterocycles. The Bertz CT molecular complexity index is 684. The second kappa shape index (κ2) is 9.72. The predicted octanol–water partition coefficient (Wildman–Crippen LogP) is 3.77. The van der Waals surface area contributed by atoms with Crippen LogP contribution in [0.5, 0.6) is 11.5 Å². The van der Waals surface area contributed by atoms with Gasteiger partial charge in [-0.1, -0.05) is 43.3 Å². The third-order valence-corrected chi connectivity index (χ3v) is 4.14. The maximum absolute atomic E-state index is 12.2. The molecule has 2 rings (SSSR count). The van der Waals surface area contributed by atoms with Crippen molar-refractivity contribution in [3.05, 3.63) is 59.7 Å². The molecule has 4 heteroatoms. The molecule has 1 N–H and O–H groups in total. The van der Waals surface area contributed by atoms with E-state index in [-0.39, 0.29) is 5.91 Å². The molecule has 0 fully saturated rings. The number of nitrogens with one attached hydrogen (secondary N) is 1. The standard InChI is InChI=1S/C21H27NO3/c1-4-17-10-5-8-14-20(17)25-16(2)21(23)22-15-9-12-18-11-6-7-13-19(18)24-3/h5-8,10-11,13-14,16H,4,9,12,15H2,1-3H3,(H,22,23)/t16-/m1/s1. The van der Waals surface area contributed by atoms with Crippen molar-refractivity contribution in [2.75, 3.05) is 13.7 Å². The summed E-state index contributed by atoms with van der Waals surface area (Å²) in [6.45, 7) is 4.47. The molecule has 0 aliphatic carbocycles. The Kier molecular flexibility index (Phi) is 7.33. The molecule has 0 saturated heterocycles. The maximum Gasteiger partial charge on any atom is 0.260 e. The Morgan fingerprint density at radius 2 is 1.68 bits per heavy atom. The fourth-order valence-corrected chi connectivity index (χ4v) is 2.70. The van der Waals surface area contributed by atoms with Crippen LogP contribution in [0.25, 0.3) is 0 Å². The van der Waals surface area contributed by atoms with Crippen LogP contribution >= 0.6 is 0 Å². The van der Waals surface area contributed by atoms with Crippen molar-refractivity contribution >= 4 is 5.91 Å². The number of amides is 1. The lowest BCUT2D eigenvalue weighted by Crippen LogP contribution is -2.37. The van der Waals surface area contributed by atoms with Gasteiger partial charge in [0.1, 0.15) is 11.5 Å². The number of hydrogen-bond donors (Lipinski definition) is 1. The Morgan fingerprint density at radius 1 is 1.04 bits per heavy atom. The lowest BCUT2D eigenvalue weighted by atomic mass is 10.1. The molecule has 0 saturated carbocycles. The molecular weight excluding hydrogens is 314 g/mol. The van der Waals surface area contributed by atoms with Gasteiger partial charge in [0.2, 0.25) is 0 Å². The summed E-state index contributed by atoms with van der Waals surface area (Å²) < 4.78 is 11.2. The number of benzene rings is 2. The molecule has 0 bridgehead atoms. The summed E-state index contributed by atoms with van der Waals surface area (Å²) in [4.78, 5) is 12.2. The van der Waals surface area contributed by atoms with Crippen LogP contribution in [0, 0.1) is 0 Å². The van der Waals surface area contributed by atoms with E-state index >= 15 is 0 Å². The summed E-state index contributed by atoms with van der Waals surface area (Å²) in [6, 6.07) is 15.8. The average Bonchev–Trinajstić information content (AvgIpc) is 2.65. The van der Waals surface area contributed by atoms with E-state index in [1.807, 2.05) is 48.5 Å². The second-order valence-electron chi connectivity index (χ2n) is 5.93. The van der Waals surface area contributed by atoms with Gasteiger partial charge in [-0.2, -0.15) is 0 Å². The molecule has 4 nitrogen and oxygen atoms in total. The van der Waals surface area contributed by atoms with Gasteiger partial charge in [0.15, 0.2) is 6.10 Å². The van der Waals surface area contributed by atoms with Crippen molar-refractivity contribution in [2.45, 2.75) is 39.2 Å². The molecule has 2 aromatic rings. The van der Waals surface area contributed by atoms with Gasteiger partial charge in [0.25, 0.3) is 5.91 Å². The molecule has 134 valence electrons. The number of aryl methyl sites for hydroxylation is 2. The zero-order chi connectivity index (χ0) is 18.1. The first-order chi connectivity index (χ1) is 12.2. The van der Waals surface area contributed by atoms with Gasteiger partial charge in [0, 0.05) is 6.54 Å². The number of para-hydroxylation sites is 2. The Labute approximate surface area is 150 Å². The van der Waals surface area contributed by atoms with Crippen molar-refractivity contribution in [1.82, 2.24) is 5.32 Å². The van der Waals surface area contributed by atoms with E-state index in [1.54, 1.807) is 14.0 Å². The van der Waals surface area contributed by atoms with E-state index in [9.17, 15) is 4.79 Å². The monoisotopic (exact) mass is 341 g/mol. The molecule has 0 spiro atoms. The largest absolute Gasteiger partial charge is 0.496 e. The summed E-state index contributed by atoms with van der Waals surface area (Å²) in [6.07, 6.45) is 2.07. The van der Waals surface area contributed by atoms with Crippen LogP contribution in [0.3, 0.4) is 0 Å². The highest BCUT2D eigenvalue weighted by Crippen LogP contribution is 2.20. The van der Waals surface area contributed by atoms with Crippen molar-refractivity contribution in [2.24, 2.45) is 0 Å². The number of methoxy groups -OCH3 is 1. The lowest BCUT2D eigenvalue weighted by molar-refractivity contribution is -0.127. The van der Waals surface area contributed by atoms with E-state index < -0.39 is 6.10 Å². The fourth-order valence-electron chi connectivity index (χ4n) is 2.70. The van der Waals surface area contributed by atoms with E-state index in [0.29, 0.717) is 6.54 Å². The van der Waals surface area contributed by atoms with E-state index in [0.717, 1.165) is 41.9 Å². The molecule has 0 heterocycles. The summed E-state index contributed by atoms with van der Waals surface area (Å²) >= 11 is 0. The predicted molar refractivity (Wildman–Crippen MR) is 100 cm³/mol. The Hall–Kier alpha value is -2.49. The van der Waals surface area contributed by atoms with Gasteiger partial charge >= 0.3 is 0 Å². The molecular formula is C21H27NO3. The molecule has 1 amide bonds. The van der Waals surface area contributed by atoms with Crippen LogP contribution in [-0.4, -0.2) is 25.7 Å². The van der Waals surface area contributed by atoms with Gasteiger partial charge in [-0.15, -0.1) is 0 Å². The molecule has 0 radical (unpaired) electrons. The van der Waals surface area contributed by atoms with Crippen LogP contribution < -0.4 is 14.8 Å². The van der Waals surface area contributed by atoms with Gasteiger partial charge < -0.3 is 14.8 Å². The quantitative estimate of drug-likeness (QED) is 0.706. The van der Waals surface area contributed by atoms with Crippen LogP contribution in [0.1, 0.15) is 31.4 Å². The highest BCUT2D eigenvalue weighted by molar-refractivity contribution is 5.80. The lowest BCUT2D eigenvalue weighted by Gasteiger charge is -2.17. The normalized spacial score (nSPS) is 11.6. The summed E-state index contributed by atoms with van der Waals surface area (Å²) in [5.74, 6) is 1.58. The van der Waals surface area contributed by atoms with Crippen LogP contribution in [0.2, 0.25) is 0 Å². The van der Waals surface area contributed by atoms with Crippen LogP contribution in [0.15, 0.2) is 48.5 Å². The van der Waals surface area contributed by atoms with Crippen LogP contribution in [-0.2, 0) is 17.6 Å². The molecule has 0 aliphatic heterocycles. The zero-order valence-corrected chi connectivity index (χ0v) is 15.2. The minimum Gasteiger partial charge on any atom is -0.496 e. The summed E-state index contributed by atoms with van der Waals surface area (Å²) in [5, 5.41) is 2.94. The fraction of sp³-hybridized carbons (Fsp3) is 0.381. The first kappa shape index (κ1) is 18.8. The second-order valence-corrected chi connectivity index (χ2v) is 5.93. The molecule has 1 atom stereocenters. The van der Waals surface area contributed by atoms with Crippen LogP contribution in [0.4, 0.5) is 0 Å². The number of hydrogen-bond acceptors (Lipinski definition) is 3. The van der Waals surface area contributed by atoms with E-state index in [2.05, 4.69) is 12.2 Å². The summed E-state index contributed by atoms with van der Waals surface area (Å²) in [5.41, 5.74) is 2.26. The number of carbonyl (C=O) groups is 1. The number of ether oxygens (including phenoxy) is 2. The first-order valence-corrected chi connectivity index (χ1v) is 8.79. The van der Waals surface area contributed by atoms with E-state index in [4.69, 9.17) is 9.47 Å². The Morgan fingerprint density at radius 3 is 2.36 bits per heavy atom. The maximum atomic E-state index is 12.2. The van der Waals surface area contributed by atoms with Crippen molar-refractivity contribution in [3.63, 3.8) is 0 Å². The molecule has 0 unspecified atom stereocenters. The molecule has 0 aliphatic rings. The third-order valence-electron chi connectivity index (χ3n) is 4.14. The summed E-state index contributed by atoms with van der Waals surface area (Å²) in [7, 11) is 1.67. The van der Waals surface area contributed by atoms with Crippen molar-refractivity contribution in [1.29, 1.82) is 0 Å². The highest BCUT2D eigenvalue weighted by atomic mass is 16.5. The number of rotatable bonds is 9. The van der Waals surface area contributed by atoms with Crippen molar-refractivity contribution < 1.29 is 14.3 Å². The first-order valence-electron chi connectivity index (χ1n) is 8.79. The zero-order valence-electron chi connectivity index (χ0n) is 15.2. The highest BCUT2D eigenvalue weighted by Gasteiger charge is 2.15. The van der Waals surface area contributed by atoms with Gasteiger partial charge in [0.05, 0.1) is 7.11 Å². The number of carbonyl (C=O) groups excluding carboxylic acids is 1. The van der Waals surface area contributed by atoms with E-state index in [1.165, 1.54) is 0 Å². The van der Waals surface area contributed by atoms with Gasteiger partial charge in [-0.3, -0.25) is 4.79 Å². The van der Waals surface area contributed by atoms with Crippen molar-refractivity contribution in [3.8, 4) is 11.5 Å². The molecule has 2 aromatic carbocycles. The van der Waals surface area contributed by atoms with Gasteiger partial charge in [-0.05, 0) is 49.4 Å². The average molecular weight is 341 g/mol. The minimum absolute atomic E-state index is 0.0917.